The standard InChI is InChI=1S/C11H13F2NO2S/c1-17(15,16)9-3-2-8(10(12)11(9)13)7-4-5-14-6-7/h2-3,7,14H,4-6H2,1H3. The highest BCUT2D eigenvalue weighted by atomic mass is 32.2. The molecule has 1 aliphatic heterocycles. The predicted octanol–water partition coefficient (Wildman–Crippen LogP) is 1.45. The molecule has 2 rings (SSSR count). The van der Waals surface area contributed by atoms with Gasteiger partial charge in [0, 0.05) is 18.7 Å². The molecule has 94 valence electrons. The Morgan fingerprint density at radius 1 is 1.29 bits per heavy atom. The van der Waals surface area contributed by atoms with E-state index < -0.39 is 26.4 Å². The van der Waals surface area contributed by atoms with Crippen molar-refractivity contribution in [2.45, 2.75) is 17.2 Å². The Labute approximate surface area is 98.8 Å². The summed E-state index contributed by atoms with van der Waals surface area (Å²) in [5.41, 5.74) is 0.250. The molecule has 1 N–H and O–H groups in total. The number of halogens is 2. The monoisotopic (exact) mass is 261 g/mol. The summed E-state index contributed by atoms with van der Waals surface area (Å²) in [7, 11) is -3.73. The zero-order valence-corrected chi connectivity index (χ0v) is 10.2. The van der Waals surface area contributed by atoms with Crippen LogP contribution in [0.15, 0.2) is 17.0 Å². The molecule has 0 aliphatic carbocycles. The average Bonchev–Trinajstić information content (AvgIpc) is 2.73. The molecule has 6 heteroatoms. The Morgan fingerprint density at radius 3 is 2.53 bits per heavy atom. The first-order chi connectivity index (χ1) is 7.91. The molecule has 0 aromatic heterocycles. The van der Waals surface area contributed by atoms with Crippen LogP contribution in [0.4, 0.5) is 8.78 Å². The molecular formula is C11H13F2NO2S. The topological polar surface area (TPSA) is 46.2 Å². The van der Waals surface area contributed by atoms with Crippen LogP contribution >= 0.6 is 0 Å². The third-order valence-corrected chi connectivity index (χ3v) is 4.09. The van der Waals surface area contributed by atoms with Gasteiger partial charge in [-0.25, -0.2) is 17.2 Å². The van der Waals surface area contributed by atoms with Crippen LogP contribution in [0.1, 0.15) is 17.9 Å². The zero-order valence-electron chi connectivity index (χ0n) is 9.33. The van der Waals surface area contributed by atoms with Gasteiger partial charge in [-0.3, -0.25) is 0 Å². The summed E-state index contributed by atoms with van der Waals surface area (Å²) in [6.45, 7) is 1.36. The van der Waals surface area contributed by atoms with Gasteiger partial charge in [0.15, 0.2) is 21.5 Å². The van der Waals surface area contributed by atoms with Crippen molar-refractivity contribution in [3.05, 3.63) is 29.3 Å². The minimum absolute atomic E-state index is 0.0851. The molecule has 0 amide bonds. The van der Waals surface area contributed by atoms with Gasteiger partial charge in [0.1, 0.15) is 4.90 Å². The molecule has 1 aromatic rings. The van der Waals surface area contributed by atoms with E-state index in [9.17, 15) is 17.2 Å². The second-order valence-electron chi connectivity index (χ2n) is 4.24. The number of nitrogens with one attached hydrogen (secondary N) is 1. The van der Waals surface area contributed by atoms with Crippen molar-refractivity contribution in [3.63, 3.8) is 0 Å². The largest absolute Gasteiger partial charge is 0.316 e. The number of hydrogen-bond donors (Lipinski definition) is 1. The molecule has 1 fully saturated rings. The van der Waals surface area contributed by atoms with Gasteiger partial charge < -0.3 is 5.32 Å². The SMILES string of the molecule is CS(=O)(=O)c1ccc(C2CCNC2)c(F)c1F. The van der Waals surface area contributed by atoms with Gasteiger partial charge in [-0.05, 0) is 24.6 Å². The predicted molar refractivity (Wildman–Crippen MR) is 59.7 cm³/mol. The van der Waals surface area contributed by atoms with Gasteiger partial charge in [0.2, 0.25) is 0 Å². The van der Waals surface area contributed by atoms with Crippen LogP contribution in [0, 0.1) is 11.6 Å². The van der Waals surface area contributed by atoms with Crippen molar-refractivity contribution in [1.29, 1.82) is 0 Å². The lowest BCUT2D eigenvalue weighted by molar-refractivity contribution is 0.470. The fourth-order valence-electron chi connectivity index (χ4n) is 2.07. The van der Waals surface area contributed by atoms with Gasteiger partial charge >= 0.3 is 0 Å². The van der Waals surface area contributed by atoms with E-state index in [1.807, 2.05) is 0 Å². The van der Waals surface area contributed by atoms with E-state index in [1.165, 1.54) is 6.07 Å². The average molecular weight is 261 g/mol. The number of sulfone groups is 1. The first kappa shape index (κ1) is 12.4. The van der Waals surface area contributed by atoms with E-state index in [-0.39, 0.29) is 11.5 Å². The maximum atomic E-state index is 13.8. The lowest BCUT2D eigenvalue weighted by Crippen LogP contribution is -2.11. The molecule has 0 radical (unpaired) electrons. The lowest BCUT2D eigenvalue weighted by atomic mass is 9.98. The highest BCUT2D eigenvalue weighted by molar-refractivity contribution is 7.90. The maximum Gasteiger partial charge on any atom is 0.178 e. The first-order valence-electron chi connectivity index (χ1n) is 5.30. The molecular weight excluding hydrogens is 248 g/mol. The third kappa shape index (κ3) is 2.32. The van der Waals surface area contributed by atoms with Crippen molar-refractivity contribution >= 4 is 9.84 Å². The summed E-state index contributed by atoms with van der Waals surface area (Å²) in [6, 6.07) is 2.51. The molecule has 0 spiro atoms. The number of benzene rings is 1. The smallest absolute Gasteiger partial charge is 0.178 e. The van der Waals surface area contributed by atoms with Crippen LogP contribution in [-0.4, -0.2) is 27.8 Å². The van der Waals surface area contributed by atoms with E-state index in [2.05, 4.69) is 5.32 Å². The highest BCUT2D eigenvalue weighted by Crippen LogP contribution is 2.29. The van der Waals surface area contributed by atoms with Gasteiger partial charge in [0.25, 0.3) is 0 Å². The molecule has 0 bridgehead atoms. The fraction of sp³-hybridized carbons (Fsp3) is 0.455. The molecule has 1 saturated heterocycles. The van der Waals surface area contributed by atoms with Crippen LogP contribution in [0.25, 0.3) is 0 Å². The van der Waals surface area contributed by atoms with Crippen molar-refractivity contribution < 1.29 is 17.2 Å². The van der Waals surface area contributed by atoms with Crippen LogP contribution in [-0.2, 0) is 9.84 Å². The van der Waals surface area contributed by atoms with Crippen LogP contribution in [0.2, 0.25) is 0 Å². The lowest BCUT2D eigenvalue weighted by Gasteiger charge is -2.12. The first-order valence-corrected chi connectivity index (χ1v) is 7.19. The summed E-state index contributed by atoms with van der Waals surface area (Å²) < 4.78 is 49.9. The van der Waals surface area contributed by atoms with Crippen molar-refractivity contribution in [3.8, 4) is 0 Å². The molecule has 1 unspecified atom stereocenters. The molecule has 1 heterocycles. The van der Waals surface area contributed by atoms with Gasteiger partial charge in [0.05, 0.1) is 0 Å². The summed E-state index contributed by atoms with van der Waals surface area (Å²) in [6.07, 6.45) is 1.59. The molecule has 17 heavy (non-hydrogen) atoms. The van der Waals surface area contributed by atoms with E-state index in [1.54, 1.807) is 0 Å². The Bertz CT molecular complexity index is 537. The minimum Gasteiger partial charge on any atom is -0.316 e. The Balaban J connectivity index is 2.49. The molecule has 3 nitrogen and oxygen atoms in total. The second kappa shape index (κ2) is 4.34. The summed E-state index contributed by atoms with van der Waals surface area (Å²) in [5, 5.41) is 3.05. The fourth-order valence-corrected chi connectivity index (χ4v) is 2.80. The van der Waals surface area contributed by atoms with E-state index in [0.29, 0.717) is 6.54 Å². The van der Waals surface area contributed by atoms with E-state index in [0.717, 1.165) is 25.3 Å². The highest BCUT2D eigenvalue weighted by Gasteiger charge is 2.25. The second-order valence-corrected chi connectivity index (χ2v) is 6.23. The maximum absolute atomic E-state index is 13.8. The van der Waals surface area contributed by atoms with E-state index in [4.69, 9.17) is 0 Å². The summed E-state index contributed by atoms with van der Waals surface area (Å²) >= 11 is 0. The third-order valence-electron chi connectivity index (χ3n) is 2.98. The summed E-state index contributed by atoms with van der Waals surface area (Å²) in [4.78, 5) is -0.579. The quantitative estimate of drug-likeness (QED) is 0.876. The Kier molecular flexibility index (Phi) is 3.18. The van der Waals surface area contributed by atoms with Gasteiger partial charge in [-0.1, -0.05) is 6.07 Å². The molecule has 1 aliphatic rings. The molecule has 1 atom stereocenters. The summed E-state index contributed by atoms with van der Waals surface area (Å²) in [5.74, 6) is -2.39. The van der Waals surface area contributed by atoms with Crippen molar-refractivity contribution in [1.82, 2.24) is 5.32 Å². The van der Waals surface area contributed by atoms with Gasteiger partial charge in [-0.2, -0.15) is 0 Å². The minimum atomic E-state index is -3.73. The van der Waals surface area contributed by atoms with Crippen molar-refractivity contribution in [2.24, 2.45) is 0 Å². The number of rotatable bonds is 2. The normalized spacial score (nSPS) is 20.8. The van der Waals surface area contributed by atoms with Gasteiger partial charge in [-0.15, -0.1) is 0 Å². The van der Waals surface area contributed by atoms with Crippen LogP contribution in [0.5, 0.6) is 0 Å². The Morgan fingerprint density at radius 2 is 2.00 bits per heavy atom. The van der Waals surface area contributed by atoms with Crippen molar-refractivity contribution in [2.75, 3.05) is 19.3 Å². The molecule has 1 aromatic carbocycles. The van der Waals surface area contributed by atoms with Crippen LogP contribution < -0.4 is 5.32 Å². The van der Waals surface area contributed by atoms with Crippen LogP contribution in [0.3, 0.4) is 0 Å². The molecule has 0 saturated carbocycles. The zero-order chi connectivity index (χ0) is 12.6. The number of hydrogen-bond acceptors (Lipinski definition) is 3. The Hall–Kier alpha value is -1.01. The van der Waals surface area contributed by atoms with E-state index >= 15 is 0 Å².